The van der Waals surface area contributed by atoms with E-state index in [4.69, 9.17) is 4.74 Å². The van der Waals surface area contributed by atoms with E-state index in [1.165, 1.54) is 12.1 Å². The van der Waals surface area contributed by atoms with Crippen LogP contribution in [0.4, 0.5) is 0 Å². The Labute approximate surface area is 87.8 Å². The zero-order valence-electron chi connectivity index (χ0n) is 7.87. The van der Waals surface area contributed by atoms with Crippen LogP contribution >= 0.6 is 0 Å². The van der Waals surface area contributed by atoms with E-state index in [2.05, 4.69) is 0 Å². The average Bonchev–Trinajstić information content (AvgIpc) is 3.00. The van der Waals surface area contributed by atoms with Gasteiger partial charge in [0.25, 0.3) is 0 Å². The van der Waals surface area contributed by atoms with Crippen LogP contribution < -0.4 is 0 Å². The van der Waals surface area contributed by atoms with Crippen molar-refractivity contribution in [3.05, 3.63) is 30.3 Å². The van der Waals surface area contributed by atoms with Crippen LogP contribution in [-0.2, 0) is 19.4 Å². The predicted molar refractivity (Wildman–Crippen MR) is 53.0 cm³/mol. The Bertz CT molecular complexity index is 452. The molecule has 1 saturated heterocycles. The maximum absolute atomic E-state index is 11.8. The van der Waals surface area contributed by atoms with E-state index in [1.807, 2.05) is 0 Å². The zero-order valence-corrected chi connectivity index (χ0v) is 8.68. The molecule has 0 saturated carbocycles. The molecule has 4 nitrogen and oxygen atoms in total. The monoisotopic (exact) mass is 226 g/mol. The van der Waals surface area contributed by atoms with Gasteiger partial charge in [0.2, 0.25) is 9.84 Å². The minimum atomic E-state index is -3.42. The van der Waals surface area contributed by atoms with Crippen molar-refractivity contribution in [3.63, 3.8) is 0 Å². The number of rotatable bonds is 4. The molecule has 0 radical (unpaired) electrons. The van der Waals surface area contributed by atoms with Gasteiger partial charge in [-0.3, -0.25) is 0 Å². The van der Waals surface area contributed by atoms with Gasteiger partial charge in [0.1, 0.15) is 12.4 Å². The number of hydrogen-bond donors (Lipinski definition) is 0. The smallest absolute Gasteiger partial charge is 0.207 e. The first kappa shape index (κ1) is 10.3. The summed E-state index contributed by atoms with van der Waals surface area (Å²) in [7, 11) is -3.42. The molecule has 1 aromatic carbocycles. The second-order valence-corrected chi connectivity index (χ2v) is 5.33. The molecule has 5 heteroatoms. The fourth-order valence-electron chi connectivity index (χ4n) is 1.41. The minimum Gasteiger partial charge on any atom is -0.352 e. The average molecular weight is 226 g/mol. The Morgan fingerprint density at radius 2 is 1.93 bits per heavy atom. The highest BCUT2D eigenvalue weighted by molar-refractivity contribution is 7.92. The summed E-state index contributed by atoms with van der Waals surface area (Å²) in [6.45, 7) is 0. The highest BCUT2D eigenvalue weighted by Crippen LogP contribution is 2.33. The highest BCUT2D eigenvalue weighted by atomic mass is 32.2. The second kappa shape index (κ2) is 3.75. The maximum Gasteiger partial charge on any atom is 0.207 e. The fourth-order valence-corrected chi connectivity index (χ4v) is 3.01. The van der Waals surface area contributed by atoms with E-state index >= 15 is 0 Å². The summed E-state index contributed by atoms with van der Waals surface area (Å²) in [5.74, 6) is 0. The van der Waals surface area contributed by atoms with Crippen LogP contribution in [0.15, 0.2) is 35.2 Å². The van der Waals surface area contributed by atoms with Gasteiger partial charge < -0.3 is 9.53 Å². The van der Waals surface area contributed by atoms with Crippen LogP contribution in [-0.4, -0.2) is 26.2 Å². The number of carbonyl (C=O) groups excluding carboxylic acids is 1. The van der Waals surface area contributed by atoms with Gasteiger partial charge in [-0.05, 0) is 12.1 Å². The van der Waals surface area contributed by atoms with E-state index in [1.54, 1.807) is 18.2 Å². The second-order valence-electron chi connectivity index (χ2n) is 3.30. The Morgan fingerprint density at radius 3 is 2.53 bits per heavy atom. The van der Waals surface area contributed by atoms with E-state index in [0.29, 0.717) is 6.29 Å². The van der Waals surface area contributed by atoms with Gasteiger partial charge in [-0.2, -0.15) is 0 Å². The topological polar surface area (TPSA) is 63.7 Å². The Kier molecular flexibility index (Phi) is 2.58. The zero-order chi connectivity index (χ0) is 10.9. The number of ether oxygens (including phenoxy) is 1. The van der Waals surface area contributed by atoms with Crippen LogP contribution in [0.5, 0.6) is 0 Å². The molecule has 1 aromatic rings. The number of carbonyl (C=O) groups is 1. The van der Waals surface area contributed by atoms with Crippen molar-refractivity contribution in [1.29, 1.82) is 0 Å². The van der Waals surface area contributed by atoms with E-state index in [-0.39, 0.29) is 11.3 Å². The lowest BCUT2D eigenvalue weighted by Gasteiger charge is -1.99. The molecule has 0 aromatic heterocycles. The highest BCUT2D eigenvalue weighted by Gasteiger charge is 2.49. The fraction of sp³-hybridized carbons (Fsp3) is 0.300. The van der Waals surface area contributed by atoms with Gasteiger partial charge in [0.05, 0.1) is 4.90 Å². The third kappa shape index (κ3) is 1.93. The molecular formula is C10H10O4S. The molecular weight excluding hydrogens is 216 g/mol. The number of epoxide rings is 1. The van der Waals surface area contributed by atoms with Crippen LogP contribution in [0, 0.1) is 0 Å². The number of aldehydes is 1. The van der Waals surface area contributed by atoms with Gasteiger partial charge in [-0.25, -0.2) is 8.42 Å². The normalized spacial score (nSPS) is 24.8. The van der Waals surface area contributed by atoms with Crippen LogP contribution in [0.1, 0.15) is 6.42 Å². The first-order valence-corrected chi connectivity index (χ1v) is 6.09. The lowest BCUT2D eigenvalue weighted by atomic mass is 10.4. The molecule has 1 aliphatic rings. The Morgan fingerprint density at radius 1 is 1.27 bits per heavy atom. The quantitative estimate of drug-likeness (QED) is 0.562. The van der Waals surface area contributed by atoms with Crippen molar-refractivity contribution in [2.75, 3.05) is 0 Å². The first-order valence-electron chi connectivity index (χ1n) is 4.54. The van der Waals surface area contributed by atoms with Crippen LogP contribution in [0.25, 0.3) is 0 Å². The molecule has 2 rings (SSSR count). The van der Waals surface area contributed by atoms with Crippen molar-refractivity contribution in [1.82, 2.24) is 0 Å². The predicted octanol–water partition coefficient (Wildman–Crippen LogP) is 0.774. The Hall–Kier alpha value is -1.20. The summed E-state index contributed by atoms with van der Waals surface area (Å²) in [5, 5.41) is 0. The summed E-state index contributed by atoms with van der Waals surface area (Å²) in [4.78, 5) is 10.4. The van der Waals surface area contributed by atoms with E-state index < -0.39 is 21.4 Å². The van der Waals surface area contributed by atoms with Crippen molar-refractivity contribution >= 4 is 16.1 Å². The molecule has 0 amide bonds. The Balaban J connectivity index is 2.20. The molecule has 1 fully saturated rings. The van der Waals surface area contributed by atoms with E-state index in [0.717, 1.165) is 0 Å². The molecule has 80 valence electrons. The van der Waals surface area contributed by atoms with Gasteiger partial charge in [-0.1, -0.05) is 18.2 Å². The maximum atomic E-state index is 11.8. The molecule has 1 aliphatic heterocycles. The van der Waals surface area contributed by atoms with Crippen molar-refractivity contribution < 1.29 is 17.9 Å². The largest absolute Gasteiger partial charge is 0.352 e. The minimum absolute atomic E-state index is 0.136. The SMILES string of the molecule is O=CC[C@@H]1O[C@@H]1S(=O)(=O)c1ccccc1. The van der Waals surface area contributed by atoms with Crippen molar-refractivity contribution in [3.8, 4) is 0 Å². The molecule has 0 N–H and O–H groups in total. The molecule has 1 heterocycles. The third-order valence-electron chi connectivity index (χ3n) is 2.24. The lowest BCUT2D eigenvalue weighted by Crippen LogP contribution is -2.11. The molecule has 0 spiro atoms. The standard InChI is InChI=1S/C10H10O4S/c11-7-6-9-10(14-9)15(12,13)8-4-2-1-3-5-8/h1-5,7,9-10H,6H2/t9-,10+/m0/s1. The first-order chi connectivity index (χ1) is 7.16. The summed E-state index contributed by atoms with van der Waals surface area (Å²) in [5.41, 5.74) is -0.843. The van der Waals surface area contributed by atoms with E-state index in [9.17, 15) is 13.2 Å². The van der Waals surface area contributed by atoms with Crippen LogP contribution in [0.2, 0.25) is 0 Å². The van der Waals surface area contributed by atoms with Gasteiger partial charge in [-0.15, -0.1) is 0 Å². The van der Waals surface area contributed by atoms with Crippen molar-refractivity contribution in [2.24, 2.45) is 0 Å². The summed E-state index contributed by atoms with van der Waals surface area (Å²) >= 11 is 0. The van der Waals surface area contributed by atoms with Crippen molar-refractivity contribution in [2.45, 2.75) is 22.9 Å². The lowest BCUT2D eigenvalue weighted by molar-refractivity contribution is -0.108. The molecule has 0 unspecified atom stereocenters. The molecule has 0 aliphatic carbocycles. The number of hydrogen-bond acceptors (Lipinski definition) is 4. The number of sulfone groups is 1. The van der Waals surface area contributed by atoms with Gasteiger partial charge in [0, 0.05) is 6.42 Å². The molecule has 0 bridgehead atoms. The van der Waals surface area contributed by atoms with Gasteiger partial charge >= 0.3 is 0 Å². The molecule has 15 heavy (non-hydrogen) atoms. The number of benzene rings is 1. The molecule has 2 atom stereocenters. The van der Waals surface area contributed by atoms with Gasteiger partial charge in [0.15, 0.2) is 5.44 Å². The third-order valence-corrected chi connectivity index (χ3v) is 4.20. The summed E-state index contributed by atoms with van der Waals surface area (Å²) in [6.07, 6.45) is 0.342. The summed E-state index contributed by atoms with van der Waals surface area (Å²) < 4.78 is 28.6. The van der Waals surface area contributed by atoms with Crippen LogP contribution in [0.3, 0.4) is 0 Å². The summed E-state index contributed by atoms with van der Waals surface area (Å²) in [6, 6.07) is 8.10.